The maximum absolute atomic E-state index is 5.67. The smallest absolute Gasteiger partial charge is 0.147 e. The summed E-state index contributed by atoms with van der Waals surface area (Å²) in [5, 5.41) is 0.435. The average molecular weight is 251 g/mol. The number of benzene rings is 1. The normalized spacial score (nSPS) is 10.4. The van der Waals surface area contributed by atoms with Crippen molar-refractivity contribution >= 4 is 23.4 Å². The largest absolute Gasteiger partial charge is 0.256 e. The lowest BCUT2D eigenvalue weighted by Gasteiger charge is -2.02. The van der Waals surface area contributed by atoms with E-state index in [1.807, 2.05) is 0 Å². The number of halogens is 1. The minimum Gasteiger partial charge on any atom is -0.256 e. The molecule has 0 amide bonds. The van der Waals surface area contributed by atoms with Gasteiger partial charge in [-0.2, -0.15) is 0 Å². The van der Waals surface area contributed by atoms with Crippen LogP contribution >= 0.6 is 23.4 Å². The van der Waals surface area contributed by atoms with Crippen LogP contribution < -0.4 is 0 Å². The molecule has 0 aliphatic carbocycles. The highest BCUT2D eigenvalue weighted by molar-refractivity contribution is 7.98. The van der Waals surface area contributed by atoms with Crippen LogP contribution in [0, 0.1) is 6.92 Å². The Morgan fingerprint density at radius 1 is 1.25 bits per heavy atom. The molecule has 0 N–H and O–H groups in total. The van der Waals surface area contributed by atoms with Crippen molar-refractivity contribution in [2.45, 2.75) is 17.6 Å². The third-order valence-electron chi connectivity index (χ3n) is 2.05. The zero-order chi connectivity index (χ0) is 11.4. The lowest BCUT2D eigenvalue weighted by atomic mass is 10.2. The maximum Gasteiger partial charge on any atom is 0.147 e. The molecule has 0 saturated carbocycles. The second kappa shape index (κ2) is 5.32. The highest BCUT2D eigenvalue weighted by Crippen LogP contribution is 2.22. The monoisotopic (exact) mass is 250 g/mol. The Kier molecular flexibility index (Phi) is 3.80. The number of aryl methyl sites for hydroxylation is 1. The first-order valence-electron chi connectivity index (χ1n) is 4.90. The van der Waals surface area contributed by atoms with E-state index in [1.165, 1.54) is 10.5 Å². The molecule has 0 spiro atoms. The minimum atomic E-state index is 0.435. The number of aromatic nitrogens is 2. The highest BCUT2D eigenvalue weighted by atomic mass is 35.5. The molecule has 82 valence electrons. The van der Waals surface area contributed by atoms with Crippen molar-refractivity contribution in [2.24, 2.45) is 0 Å². The molecule has 0 radical (unpaired) electrons. The van der Waals surface area contributed by atoms with Crippen LogP contribution in [0.1, 0.15) is 11.3 Å². The van der Waals surface area contributed by atoms with Gasteiger partial charge in [0.25, 0.3) is 0 Å². The van der Waals surface area contributed by atoms with Crippen LogP contribution in [0.4, 0.5) is 0 Å². The number of hydrogen-bond acceptors (Lipinski definition) is 3. The van der Waals surface area contributed by atoms with Crippen LogP contribution in [0.15, 0.2) is 41.6 Å². The standard InChI is InChI=1S/C12H11ClN2S/c1-9-3-2-4-11(5-9)16-8-10-6-15-12(13)7-14-10/h2-7H,8H2,1H3. The summed E-state index contributed by atoms with van der Waals surface area (Å²) in [5.41, 5.74) is 2.21. The molecule has 2 rings (SSSR count). The Bertz CT molecular complexity index is 471. The lowest BCUT2D eigenvalue weighted by molar-refractivity contribution is 1.10. The van der Waals surface area contributed by atoms with Gasteiger partial charge in [-0.1, -0.05) is 29.3 Å². The summed E-state index contributed by atoms with van der Waals surface area (Å²) in [6.45, 7) is 2.09. The van der Waals surface area contributed by atoms with Crippen LogP contribution in [0.5, 0.6) is 0 Å². The van der Waals surface area contributed by atoms with E-state index in [0.717, 1.165) is 11.4 Å². The summed E-state index contributed by atoms with van der Waals surface area (Å²) >= 11 is 7.42. The molecular formula is C12H11ClN2S. The molecule has 2 nitrogen and oxygen atoms in total. The van der Waals surface area contributed by atoms with Gasteiger partial charge in [-0.15, -0.1) is 11.8 Å². The number of thioether (sulfide) groups is 1. The average Bonchev–Trinajstić information content (AvgIpc) is 2.28. The molecule has 0 aliphatic heterocycles. The van der Waals surface area contributed by atoms with E-state index in [4.69, 9.17) is 11.6 Å². The zero-order valence-corrected chi connectivity index (χ0v) is 10.4. The molecule has 0 atom stereocenters. The quantitative estimate of drug-likeness (QED) is 0.777. The van der Waals surface area contributed by atoms with Crippen molar-refractivity contribution in [3.05, 3.63) is 53.1 Å². The summed E-state index contributed by atoms with van der Waals surface area (Å²) in [4.78, 5) is 9.45. The van der Waals surface area contributed by atoms with Crippen molar-refractivity contribution in [1.29, 1.82) is 0 Å². The van der Waals surface area contributed by atoms with Crippen LogP contribution in [0.3, 0.4) is 0 Å². The molecule has 1 heterocycles. The first-order chi connectivity index (χ1) is 7.74. The van der Waals surface area contributed by atoms with Gasteiger partial charge in [0, 0.05) is 10.6 Å². The summed E-state index contributed by atoms with van der Waals surface area (Å²) in [7, 11) is 0. The van der Waals surface area contributed by atoms with E-state index in [-0.39, 0.29) is 0 Å². The number of rotatable bonds is 3. The summed E-state index contributed by atoms with van der Waals surface area (Å²) in [6, 6.07) is 8.41. The summed E-state index contributed by atoms with van der Waals surface area (Å²) in [6.07, 6.45) is 3.29. The van der Waals surface area contributed by atoms with Crippen molar-refractivity contribution < 1.29 is 0 Å². The van der Waals surface area contributed by atoms with E-state index in [0.29, 0.717) is 5.15 Å². The highest BCUT2D eigenvalue weighted by Gasteiger charge is 1.98. The fourth-order valence-electron chi connectivity index (χ4n) is 1.28. The van der Waals surface area contributed by atoms with Crippen molar-refractivity contribution in [3.63, 3.8) is 0 Å². The first-order valence-corrected chi connectivity index (χ1v) is 6.26. The Balaban J connectivity index is 1.99. The van der Waals surface area contributed by atoms with Gasteiger partial charge in [-0.05, 0) is 19.1 Å². The number of nitrogens with zero attached hydrogens (tertiary/aromatic N) is 2. The summed E-state index contributed by atoms with van der Waals surface area (Å²) < 4.78 is 0. The molecule has 0 bridgehead atoms. The van der Waals surface area contributed by atoms with Gasteiger partial charge in [0.05, 0.1) is 18.1 Å². The van der Waals surface area contributed by atoms with Gasteiger partial charge in [-0.3, -0.25) is 4.98 Å². The van der Waals surface area contributed by atoms with Crippen molar-refractivity contribution in [3.8, 4) is 0 Å². The predicted octanol–water partition coefficient (Wildman–Crippen LogP) is 3.73. The van der Waals surface area contributed by atoms with Crippen LogP contribution in [0.25, 0.3) is 0 Å². The van der Waals surface area contributed by atoms with Gasteiger partial charge < -0.3 is 0 Å². The molecule has 0 saturated heterocycles. The fourth-order valence-corrected chi connectivity index (χ4v) is 2.28. The molecule has 0 unspecified atom stereocenters. The van der Waals surface area contributed by atoms with Gasteiger partial charge in [0.1, 0.15) is 5.15 Å². The van der Waals surface area contributed by atoms with Crippen LogP contribution in [0.2, 0.25) is 5.15 Å². The molecule has 0 fully saturated rings. The van der Waals surface area contributed by atoms with E-state index < -0.39 is 0 Å². The molecular weight excluding hydrogens is 240 g/mol. The van der Waals surface area contributed by atoms with Crippen molar-refractivity contribution in [1.82, 2.24) is 9.97 Å². The first kappa shape index (κ1) is 11.4. The minimum absolute atomic E-state index is 0.435. The van der Waals surface area contributed by atoms with Gasteiger partial charge in [-0.25, -0.2) is 4.98 Å². The molecule has 0 aliphatic rings. The molecule has 1 aromatic heterocycles. The van der Waals surface area contributed by atoms with Crippen LogP contribution in [-0.2, 0) is 5.75 Å². The lowest BCUT2D eigenvalue weighted by Crippen LogP contribution is -1.88. The fraction of sp³-hybridized carbons (Fsp3) is 0.167. The van der Waals surface area contributed by atoms with E-state index in [9.17, 15) is 0 Å². The van der Waals surface area contributed by atoms with Gasteiger partial charge in [0.15, 0.2) is 0 Å². The van der Waals surface area contributed by atoms with E-state index in [2.05, 4.69) is 41.2 Å². The molecule has 2 aromatic rings. The zero-order valence-electron chi connectivity index (χ0n) is 8.85. The Hall–Kier alpha value is -1.06. The van der Waals surface area contributed by atoms with Gasteiger partial charge >= 0.3 is 0 Å². The third kappa shape index (κ3) is 3.22. The Labute approximate surface area is 104 Å². The van der Waals surface area contributed by atoms with E-state index >= 15 is 0 Å². The van der Waals surface area contributed by atoms with Crippen molar-refractivity contribution in [2.75, 3.05) is 0 Å². The Morgan fingerprint density at radius 3 is 2.81 bits per heavy atom. The second-order valence-electron chi connectivity index (χ2n) is 3.44. The van der Waals surface area contributed by atoms with Gasteiger partial charge in [0.2, 0.25) is 0 Å². The van der Waals surface area contributed by atoms with Crippen LogP contribution in [-0.4, -0.2) is 9.97 Å². The molecule has 16 heavy (non-hydrogen) atoms. The second-order valence-corrected chi connectivity index (χ2v) is 4.87. The molecule has 4 heteroatoms. The summed E-state index contributed by atoms with van der Waals surface area (Å²) in [5.74, 6) is 0.813. The topological polar surface area (TPSA) is 25.8 Å². The Morgan fingerprint density at radius 2 is 2.12 bits per heavy atom. The third-order valence-corrected chi connectivity index (χ3v) is 3.27. The SMILES string of the molecule is Cc1cccc(SCc2cnc(Cl)cn2)c1. The molecule has 1 aromatic carbocycles. The number of hydrogen-bond donors (Lipinski definition) is 0. The predicted molar refractivity (Wildman–Crippen MR) is 67.8 cm³/mol. The maximum atomic E-state index is 5.67. The van der Waals surface area contributed by atoms with E-state index in [1.54, 1.807) is 24.2 Å².